The van der Waals surface area contributed by atoms with E-state index in [9.17, 15) is 12.8 Å². The molecule has 1 fully saturated rings. The highest BCUT2D eigenvalue weighted by molar-refractivity contribution is 7.88. The molecule has 0 saturated heterocycles. The quantitative estimate of drug-likeness (QED) is 0.844. The van der Waals surface area contributed by atoms with E-state index in [1.807, 2.05) is 0 Å². The fraction of sp³-hybridized carbons (Fsp3) is 0.500. The maximum Gasteiger partial charge on any atom is 0.215 e. The molecule has 0 amide bonds. The lowest BCUT2D eigenvalue weighted by Crippen LogP contribution is -2.54. The second-order valence-corrected chi connectivity index (χ2v) is 6.73. The molecule has 1 aromatic rings. The third-order valence-corrected chi connectivity index (χ3v) is 4.56. The van der Waals surface area contributed by atoms with Crippen molar-refractivity contribution in [1.82, 2.24) is 4.72 Å². The molecule has 100 valence electrons. The Kier molecular flexibility index (Phi) is 3.70. The zero-order chi connectivity index (χ0) is 13.2. The van der Waals surface area contributed by atoms with Gasteiger partial charge in [0.2, 0.25) is 10.0 Å². The first-order valence-electron chi connectivity index (χ1n) is 5.89. The molecule has 1 aromatic carbocycles. The summed E-state index contributed by atoms with van der Waals surface area (Å²) in [5.41, 5.74) is 6.13. The summed E-state index contributed by atoms with van der Waals surface area (Å²) in [6, 6.07) is 5.44. The van der Waals surface area contributed by atoms with Crippen molar-refractivity contribution >= 4 is 10.0 Å². The SMILES string of the molecule is NC1(CNS(=O)(=O)Cc2ccc(F)cc2)CCC1. The van der Waals surface area contributed by atoms with E-state index in [4.69, 9.17) is 5.73 Å². The van der Waals surface area contributed by atoms with Crippen molar-refractivity contribution in [3.05, 3.63) is 35.6 Å². The van der Waals surface area contributed by atoms with Gasteiger partial charge in [-0.15, -0.1) is 0 Å². The Morgan fingerprint density at radius 3 is 2.39 bits per heavy atom. The van der Waals surface area contributed by atoms with E-state index in [2.05, 4.69) is 4.72 Å². The minimum Gasteiger partial charge on any atom is -0.324 e. The molecule has 0 heterocycles. The molecule has 0 atom stereocenters. The van der Waals surface area contributed by atoms with Crippen molar-refractivity contribution in [2.45, 2.75) is 30.6 Å². The van der Waals surface area contributed by atoms with Crippen LogP contribution >= 0.6 is 0 Å². The van der Waals surface area contributed by atoms with Crippen molar-refractivity contribution in [3.8, 4) is 0 Å². The molecule has 2 rings (SSSR count). The highest BCUT2D eigenvalue weighted by Gasteiger charge is 2.33. The fourth-order valence-corrected chi connectivity index (χ4v) is 3.15. The van der Waals surface area contributed by atoms with Gasteiger partial charge in [-0.3, -0.25) is 0 Å². The van der Waals surface area contributed by atoms with Crippen LogP contribution in [0.25, 0.3) is 0 Å². The third kappa shape index (κ3) is 3.51. The van der Waals surface area contributed by atoms with Crippen LogP contribution < -0.4 is 10.5 Å². The molecule has 1 aliphatic carbocycles. The monoisotopic (exact) mass is 272 g/mol. The molecule has 4 nitrogen and oxygen atoms in total. The van der Waals surface area contributed by atoms with Crippen LogP contribution in [0.1, 0.15) is 24.8 Å². The Labute approximate surface area is 106 Å². The van der Waals surface area contributed by atoms with Crippen LogP contribution in [-0.2, 0) is 15.8 Å². The highest BCUT2D eigenvalue weighted by Crippen LogP contribution is 2.28. The predicted octanol–water partition coefficient (Wildman–Crippen LogP) is 1.13. The first kappa shape index (κ1) is 13.5. The average molecular weight is 272 g/mol. The second-order valence-electron chi connectivity index (χ2n) is 4.92. The number of sulfonamides is 1. The van der Waals surface area contributed by atoms with E-state index in [0.717, 1.165) is 19.3 Å². The molecule has 0 aromatic heterocycles. The lowest BCUT2D eigenvalue weighted by Gasteiger charge is -2.38. The minimum absolute atomic E-state index is 0.149. The van der Waals surface area contributed by atoms with Gasteiger partial charge < -0.3 is 5.73 Å². The Morgan fingerprint density at radius 2 is 1.89 bits per heavy atom. The summed E-state index contributed by atoms with van der Waals surface area (Å²) < 4.78 is 38.8. The maximum atomic E-state index is 12.7. The molecule has 0 unspecified atom stereocenters. The van der Waals surface area contributed by atoms with Gasteiger partial charge in [0.05, 0.1) is 5.75 Å². The summed E-state index contributed by atoms with van der Waals surface area (Å²) in [5, 5.41) is 0. The lowest BCUT2D eigenvalue weighted by atomic mass is 9.78. The highest BCUT2D eigenvalue weighted by atomic mass is 32.2. The normalized spacial score (nSPS) is 18.3. The van der Waals surface area contributed by atoms with Crippen LogP contribution in [0.4, 0.5) is 4.39 Å². The van der Waals surface area contributed by atoms with Crippen LogP contribution in [0, 0.1) is 5.82 Å². The zero-order valence-corrected chi connectivity index (χ0v) is 10.8. The van der Waals surface area contributed by atoms with E-state index in [1.165, 1.54) is 24.3 Å². The Balaban J connectivity index is 1.92. The zero-order valence-electron chi connectivity index (χ0n) is 10.0. The first-order valence-corrected chi connectivity index (χ1v) is 7.55. The number of halogens is 1. The van der Waals surface area contributed by atoms with E-state index >= 15 is 0 Å². The number of nitrogens with two attached hydrogens (primary N) is 1. The molecule has 0 spiro atoms. The van der Waals surface area contributed by atoms with Gasteiger partial charge in [0.25, 0.3) is 0 Å². The molecule has 1 aliphatic rings. The van der Waals surface area contributed by atoms with Crippen LogP contribution in [-0.4, -0.2) is 20.5 Å². The van der Waals surface area contributed by atoms with Crippen LogP contribution in [0.3, 0.4) is 0 Å². The van der Waals surface area contributed by atoms with Crippen molar-refractivity contribution < 1.29 is 12.8 Å². The average Bonchev–Trinajstić information content (AvgIpc) is 2.27. The van der Waals surface area contributed by atoms with Crippen LogP contribution in [0.5, 0.6) is 0 Å². The van der Waals surface area contributed by atoms with Gasteiger partial charge in [0.1, 0.15) is 5.82 Å². The molecule has 6 heteroatoms. The van der Waals surface area contributed by atoms with Gasteiger partial charge in [-0.1, -0.05) is 12.1 Å². The van der Waals surface area contributed by atoms with Gasteiger partial charge in [0, 0.05) is 12.1 Å². The minimum atomic E-state index is -3.41. The number of rotatable bonds is 5. The smallest absolute Gasteiger partial charge is 0.215 e. The summed E-state index contributed by atoms with van der Waals surface area (Å²) in [6.07, 6.45) is 2.76. The van der Waals surface area contributed by atoms with E-state index in [0.29, 0.717) is 5.56 Å². The lowest BCUT2D eigenvalue weighted by molar-refractivity contribution is 0.251. The van der Waals surface area contributed by atoms with Gasteiger partial charge in [-0.25, -0.2) is 17.5 Å². The first-order chi connectivity index (χ1) is 8.39. The Bertz CT molecular complexity index is 509. The van der Waals surface area contributed by atoms with E-state index in [1.54, 1.807) is 0 Å². The largest absolute Gasteiger partial charge is 0.324 e. The van der Waals surface area contributed by atoms with Crippen LogP contribution in [0.15, 0.2) is 24.3 Å². The second kappa shape index (κ2) is 4.95. The van der Waals surface area contributed by atoms with Crippen molar-refractivity contribution in [2.75, 3.05) is 6.54 Å². The van der Waals surface area contributed by atoms with Gasteiger partial charge >= 0.3 is 0 Å². The third-order valence-electron chi connectivity index (χ3n) is 3.26. The van der Waals surface area contributed by atoms with Crippen molar-refractivity contribution in [3.63, 3.8) is 0 Å². The van der Waals surface area contributed by atoms with Crippen molar-refractivity contribution in [1.29, 1.82) is 0 Å². The molecule has 3 N–H and O–H groups in total. The number of benzene rings is 1. The standard InChI is InChI=1S/C12H17FN2O2S/c13-11-4-2-10(3-5-11)8-18(16,17)15-9-12(14)6-1-7-12/h2-5,15H,1,6-9,14H2. The number of hydrogen-bond donors (Lipinski definition) is 2. The number of nitrogens with one attached hydrogen (secondary N) is 1. The molecular formula is C12H17FN2O2S. The summed E-state index contributed by atoms with van der Waals surface area (Å²) in [5.74, 6) is -0.525. The summed E-state index contributed by atoms with van der Waals surface area (Å²) in [7, 11) is -3.41. The molecular weight excluding hydrogens is 255 g/mol. The van der Waals surface area contributed by atoms with Gasteiger partial charge in [-0.2, -0.15) is 0 Å². The topological polar surface area (TPSA) is 72.2 Å². The summed E-state index contributed by atoms with van der Waals surface area (Å²) in [4.78, 5) is 0. The van der Waals surface area contributed by atoms with E-state index < -0.39 is 10.0 Å². The van der Waals surface area contributed by atoms with Gasteiger partial charge in [0.15, 0.2) is 0 Å². The molecule has 18 heavy (non-hydrogen) atoms. The molecule has 1 saturated carbocycles. The molecule has 0 bridgehead atoms. The Hall–Kier alpha value is -0.980. The summed E-state index contributed by atoms with van der Waals surface area (Å²) in [6.45, 7) is 0.274. The maximum absolute atomic E-state index is 12.7. The molecule has 0 radical (unpaired) electrons. The molecule has 0 aliphatic heterocycles. The van der Waals surface area contributed by atoms with Gasteiger partial charge in [-0.05, 0) is 37.0 Å². The Morgan fingerprint density at radius 1 is 1.28 bits per heavy atom. The van der Waals surface area contributed by atoms with E-state index in [-0.39, 0.29) is 23.7 Å². The van der Waals surface area contributed by atoms with Crippen molar-refractivity contribution in [2.24, 2.45) is 5.73 Å². The number of hydrogen-bond acceptors (Lipinski definition) is 3. The summed E-state index contributed by atoms with van der Waals surface area (Å²) >= 11 is 0. The predicted molar refractivity (Wildman–Crippen MR) is 67.8 cm³/mol. The fourth-order valence-electron chi connectivity index (χ4n) is 1.91. The van der Waals surface area contributed by atoms with Crippen LogP contribution in [0.2, 0.25) is 0 Å².